The van der Waals surface area contributed by atoms with Crippen molar-refractivity contribution < 1.29 is 13.2 Å². The normalized spacial score (nSPS) is 12.4. The van der Waals surface area contributed by atoms with Crippen LogP contribution in [0.3, 0.4) is 0 Å². The van der Waals surface area contributed by atoms with Gasteiger partial charge in [-0.25, -0.2) is 8.42 Å². The van der Waals surface area contributed by atoms with Crippen LogP contribution in [-0.4, -0.2) is 38.3 Å². The first-order valence-corrected chi connectivity index (χ1v) is 8.82. The number of nitrogens with one attached hydrogen (secondary N) is 1. The van der Waals surface area contributed by atoms with E-state index in [9.17, 15) is 13.2 Å². The molecule has 0 bridgehead atoms. The SMILES string of the molecule is CNCCc1ccccc1C(=O)CCS(=O)(=O)C(C)(C)C. The highest BCUT2D eigenvalue weighted by Crippen LogP contribution is 2.19. The lowest BCUT2D eigenvalue weighted by Gasteiger charge is -2.19. The second-order valence-electron chi connectivity index (χ2n) is 6.12. The maximum absolute atomic E-state index is 12.3. The van der Waals surface area contributed by atoms with Crippen molar-refractivity contribution in [3.05, 3.63) is 35.4 Å². The average Bonchev–Trinajstić information content (AvgIpc) is 2.41. The first-order valence-electron chi connectivity index (χ1n) is 7.17. The number of Topliss-reactive ketones (excluding diaryl/α,β-unsaturated/α-hetero) is 1. The number of carbonyl (C=O) groups is 1. The fourth-order valence-electron chi connectivity index (χ4n) is 1.94. The van der Waals surface area contributed by atoms with Gasteiger partial charge in [0.25, 0.3) is 0 Å². The Morgan fingerprint density at radius 3 is 2.38 bits per heavy atom. The molecule has 0 radical (unpaired) electrons. The van der Waals surface area contributed by atoms with Gasteiger partial charge in [-0.05, 0) is 46.3 Å². The molecule has 4 nitrogen and oxygen atoms in total. The van der Waals surface area contributed by atoms with E-state index in [1.54, 1.807) is 26.8 Å². The first kappa shape index (κ1) is 17.9. The molecule has 0 spiro atoms. The van der Waals surface area contributed by atoms with Crippen molar-refractivity contribution in [1.82, 2.24) is 5.32 Å². The van der Waals surface area contributed by atoms with Gasteiger partial charge in [0.1, 0.15) is 0 Å². The molecule has 0 aliphatic rings. The standard InChI is InChI=1S/C16H25NO3S/c1-16(2,3)21(19,20)12-10-15(18)14-8-6-5-7-13(14)9-11-17-4/h5-8,17H,9-12H2,1-4H3. The molecule has 0 heterocycles. The summed E-state index contributed by atoms with van der Waals surface area (Å²) in [5, 5.41) is 3.05. The monoisotopic (exact) mass is 311 g/mol. The molecular weight excluding hydrogens is 286 g/mol. The minimum absolute atomic E-state index is 0.0379. The number of likely N-dealkylation sites (N-methyl/N-ethyl adjacent to an activating group) is 1. The predicted octanol–water partition coefficient (Wildman–Crippen LogP) is 2.23. The van der Waals surface area contributed by atoms with Crippen molar-refractivity contribution in [1.29, 1.82) is 0 Å². The molecule has 1 aromatic carbocycles. The first-order chi connectivity index (χ1) is 9.69. The van der Waals surface area contributed by atoms with Crippen LogP contribution in [0.25, 0.3) is 0 Å². The van der Waals surface area contributed by atoms with E-state index in [4.69, 9.17) is 0 Å². The van der Waals surface area contributed by atoms with E-state index in [0.717, 1.165) is 18.5 Å². The van der Waals surface area contributed by atoms with Gasteiger partial charge in [0.05, 0.1) is 10.5 Å². The van der Waals surface area contributed by atoms with Gasteiger partial charge in [-0.15, -0.1) is 0 Å². The van der Waals surface area contributed by atoms with Crippen LogP contribution in [0.4, 0.5) is 0 Å². The lowest BCUT2D eigenvalue weighted by atomic mass is 10.00. The van der Waals surface area contributed by atoms with Crippen LogP contribution >= 0.6 is 0 Å². The summed E-state index contributed by atoms with van der Waals surface area (Å²) in [6.45, 7) is 5.76. The average molecular weight is 311 g/mol. The summed E-state index contributed by atoms with van der Waals surface area (Å²) >= 11 is 0. The highest BCUT2D eigenvalue weighted by Gasteiger charge is 2.29. The molecule has 0 aliphatic heterocycles. The molecule has 0 aromatic heterocycles. The van der Waals surface area contributed by atoms with E-state index in [1.165, 1.54) is 0 Å². The number of ketones is 1. The van der Waals surface area contributed by atoms with Crippen LogP contribution < -0.4 is 5.32 Å². The molecule has 0 amide bonds. The summed E-state index contributed by atoms with van der Waals surface area (Å²) < 4.78 is 23.3. The third-order valence-corrected chi connectivity index (χ3v) is 6.10. The predicted molar refractivity (Wildman–Crippen MR) is 86.6 cm³/mol. The van der Waals surface area contributed by atoms with Crippen LogP contribution in [0, 0.1) is 0 Å². The second-order valence-corrected chi connectivity index (χ2v) is 8.98. The molecule has 1 N–H and O–H groups in total. The summed E-state index contributed by atoms with van der Waals surface area (Å²) in [4.78, 5) is 12.3. The Morgan fingerprint density at radius 1 is 1.19 bits per heavy atom. The highest BCUT2D eigenvalue weighted by molar-refractivity contribution is 7.92. The van der Waals surface area contributed by atoms with Gasteiger partial charge in [-0.1, -0.05) is 24.3 Å². The molecule has 21 heavy (non-hydrogen) atoms. The van der Waals surface area contributed by atoms with Crippen molar-refractivity contribution in [3.63, 3.8) is 0 Å². The van der Waals surface area contributed by atoms with Crippen molar-refractivity contribution in [2.75, 3.05) is 19.3 Å². The zero-order valence-electron chi connectivity index (χ0n) is 13.3. The maximum Gasteiger partial charge on any atom is 0.164 e. The number of benzene rings is 1. The summed E-state index contributed by atoms with van der Waals surface area (Å²) in [5.41, 5.74) is 1.60. The zero-order valence-corrected chi connectivity index (χ0v) is 14.1. The Hall–Kier alpha value is -1.20. The molecule has 0 atom stereocenters. The summed E-state index contributed by atoms with van der Waals surface area (Å²) in [6.07, 6.45) is 0.792. The Labute approximate surface area is 127 Å². The third kappa shape index (κ3) is 4.93. The molecular formula is C16H25NO3S. The van der Waals surface area contributed by atoms with Crippen molar-refractivity contribution >= 4 is 15.6 Å². The molecule has 118 valence electrons. The number of rotatable bonds is 7. The van der Waals surface area contributed by atoms with Gasteiger partial charge in [-0.3, -0.25) is 4.79 Å². The second kappa shape index (κ2) is 7.18. The van der Waals surface area contributed by atoms with Crippen LogP contribution in [-0.2, 0) is 16.3 Å². The van der Waals surface area contributed by atoms with E-state index >= 15 is 0 Å². The fraction of sp³-hybridized carbons (Fsp3) is 0.562. The van der Waals surface area contributed by atoms with Crippen LogP contribution in [0.1, 0.15) is 43.1 Å². The van der Waals surface area contributed by atoms with Gasteiger partial charge >= 0.3 is 0 Å². The molecule has 0 saturated heterocycles. The van der Waals surface area contributed by atoms with Gasteiger partial charge in [0, 0.05) is 12.0 Å². The van der Waals surface area contributed by atoms with E-state index in [2.05, 4.69) is 5.32 Å². The lowest BCUT2D eigenvalue weighted by molar-refractivity contribution is 0.0988. The molecule has 0 saturated carbocycles. The topological polar surface area (TPSA) is 63.2 Å². The molecule has 0 fully saturated rings. The van der Waals surface area contributed by atoms with E-state index in [1.807, 2.05) is 25.2 Å². The molecule has 0 aliphatic carbocycles. The smallest absolute Gasteiger partial charge is 0.164 e. The van der Waals surface area contributed by atoms with Crippen molar-refractivity contribution in [2.45, 2.75) is 38.4 Å². The molecule has 1 aromatic rings. The Bertz CT molecular complexity index is 586. The number of carbonyl (C=O) groups excluding carboxylic acids is 1. The fourth-order valence-corrected chi connectivity index (χ4v) is 3.00. The highest BCUT2D eigenvalue weighted by atomic mass is 32.2. The molecule has 1 rings (SSSR count). The Balaban J connectivity index is 2.82. The molecule has 0 unspecified atom stereocenters. The largest absolute Gasteiger partial charge is 0.319 e. The maximum atomic E-state index is 12.3. The minimum Gasteiger partial charge on any atom is -0.319 e. The van der Waals surface area contributed by atoms with Gasteiger partial charge in [0.15, 0.2) is 15.6 Å². The molecule has 5 heteroatoms. The third-order valence-electron chi connectivity index (χ3n) is 3.49. The van der Waals surface area contributed by atoms with Gasteiger partial charge in [-0.2, -0.15) is 0 Å². The number of hydrogen-bond acceptors (Lipinski definition) is 4. The van der Waals surface area contributed by atoms with Crippen molar-refractivity contribution in [2.24, 2.45) is 0 Å². The van der Waals surface area contributed by atoms with Gasteiger partial charge < -0.3 is 5.32 Å². The quantitative estimate of drug-likeness (QED) is 0.784. The summed E-state index contributed by atoms with van der Waals surface area (Å²) in [5.74, 6) is -0.204. The Morgan fingerprint density at radius 2 is 1.81 bits per heavy atom. The zero-order chi connectivity index (χ0) is 16.1. The minimum atomic E-state index is -3.26. The van der Waals surface area contributed by atoms with E-state index < -0.39 is 14.6 Å². The summed E-state index contributed by atoms with van der Waals surface area (Å²) in [6, 6.07) is 7.40. The van der Waals surface area contributed by atoms with Crippen molar-refractivity contribution in [3.8, 4) is 0 Å². The number of hydrogen-bond donors (Lipinski definition) is 1. The summed E-state index contributed by atoms with van der Waals surface area (Å²) in [7, 11) is -1.40. The van der Waals surface area contributed by atoms with E-state index in [-0.39, 0.29) is 18.0 Å². The lowest BCUT2D eigenvalue weighted by Crippen LogP contribution is -2.31. The van der Waals surface area contributed by atoms with Crippen LogP contribution in [0.15, 0.2) is 24.3 Å². The van der Waals surface area contributed by atoms with Crippen LogP contribution in [0.2, 0.25) is 0 Å². The van der Waals surface area contributed by atoms with E-state index in [0.29, 0.717) is 5.56 Å². The Kier molecular flexibility index (Phi) is 6.10. The van der Waals surface area contributed by atoms with Gasteiger partial charge in [0.2, 0.25) is 0 Å². The number of sulfone groups is 1. The van der Waals surface area contributed by atoms with Crippen LogP contribution in [0.5, 0.6) is 0 Å².